The minimum Gasteiger partial charge on any atom is -0.464 e. The smallest absolute Gasteiger partial charge is 0.351 e. The van der Waals surface area contributed by atoms with Gasteiger partial charge < -0.3 is 14.2 Å². The Morgan fingerprint density at radius 3 is 2.68 bits per heavy atom. The molecular weight excluding hydrogens is 568 g/mol. The summed E-state index contributed by atoms with van der Waals surface area (Å²) in [6.07, 6.45) is 4.14. The number of hydrogen-bond donors (Lipinski definition) is 0. The van der Waals surface area contributed by atoms with Gasteiger partial charge in [0.05, 0.1) is 29.5 Å². The Bertz CT molecular complexity index is 2000. The highest BCUT2D eigenvalue weighted by Gasteiger charge is 2.30. The molecule has 0 bridgehead atoms. The van der Waals surface area contributed by atoms with Crippen molar-refractivity contribution in [1.29, 1.82) is 0 Å². The largest absolute Gasteiger partial charge is 0.464 e. The fourth-order valence-electron chi connectivity index (χ4n) is 5.89. The minimum atomic E-state index is -0.802. The Morgan fingerprint density at radius 2 is 1.95 bits per heavy atom. The van der Waals surface area contributed by atoms with Crippen molar-refractivity contribution in [3.63, 3.8) is 0 Å². The number of fused-ring (bicyclic) bond motifs is 2. The van der Waals surface area contributed by atoms with E-state index in [2.05, 4.69) is 26.5 Å². The molecule has 1 aliphatic rings. The van der Waals surface area contributed by atoms with Gasteiger partial charge in [0.1, 0.15) is 34.9 Å². The number of carbonyl (C=O) groups is 1. The number of carbonyl (C=O) groups excluding carboxylic acids is 1. The van der Waals surface area contributed by atoms with E-state index < -0.39 is 17.3 Å². The van der Waals surface area contributed by atoms with Crippen LogP contribution >= 0.6 is 0 Å². The van der Waals surface area contributed by atoms with Gasteiger partial charge in [-0.15, -0.1) is 0 Å². The van der Waals surface area contributed by atoms with E-state index in [0.717, 1.165) is 11.3 Å². The molecule has 226 valence electrons. The molecule has 1 aromatic carbocycles. The SMILES string of the molecule is C=CC(=O)N1CCN(c2nc(=O)n(Cc3c(C)ncnc3C(C)C)c3nc(-c4c(F)ccc5ccoc45)c(F)cc23)[C@@H](C)C1. The molecule has 5 heterocycles. The number of hydrogen-bond acceptors (Lipinski definition) is 8. The van der Waals surface area contributed by atoms with Crippen LogP contribution in [0.1, 0.15) is 43.6 Å². The maximum atomic E-state index is 16.1. The molecule has 0 radical (unpaired) electrons. The summed E-state index contributed by atoms with van der Waals surface area (Å²) < 4.78 is 38.3. The summed E-state index contributed by atoms with van der Waals surface area (Å²) in [4.78, 5) is 47.5. The van der Waals surface area contributed by atoms with Gasteiger partial charge in [-0.25, -0.2) is 28.5 Å². The highest BCUT2D eigenvalue weighted by Crippen LogP contribution is 2.36. The number of piperazine rings is 1. The second-order valence-electron chi connectivity index (χ2n) is 11.3. The van der Waals surface area contributed by atoms with Crippen LogP contribution in [0.25, 0.3) is 33.3 Å². The molecule has 4 aromatic heterocycles. The van der Waals surface area contributed by atoms with Crippen LogP contribution in [-0.2, 0) is 11.3 Å². The maximum absolute atomic E-state index is 16.1. The number of anilines is 1. The van der Waals surface area contributed by atoms with Gasteiger partial charge >= 0.3 is 5.69 Å². The number of nitrogens with zero attached hydrogens (tertiary/aromatic N) is 7. The van der Waals surface area contributed by atoms with Crippen LogP contribution in [0.4, 0.5) is 14.6 Å². The van der Waals surface area contributed by atoms with Gasteiger partial charge in [-0.3, -0.25) is 9.36 Å². The van der Waals surface area contributed by atoms with Crippen molar-refractivity contribution in [1.82, 2.24) is 29.4 Å². The van der Waals surface area contributed by atoms with Crippen molar-refractivity contribution in [3.8, 4) is 11.3 Å². The fraction of sp³-hybridized carbons (Fsp3) is 0.312. The maximum Gasteiger partial charge on any atom is 0.351 e. The molecule has 0 spiro atoms. The van der Waals surface area contributed by atoms with E-state index in [9.17, 15) is 9.59 Å². The average Bonchev–Trinajstić information content (AvgIpc) is 3.47. The van der Waals surface area contributed by atoms with Gasteiger partial charge in [-0.1, -0.05) is 20.4 Å². The molecule has 1 aliphatic heterocycles. The van der Waals surface area contributed by atoms with E-state index >= 15 is 8.78 Å². The number of benzene rings is 1. The zero-order chi connectivity index (χ0) is 31.3. The summed E-state index contributed by atoms with van der Waals surface area (Å²) in [5.41, 5.74) is 1.36. The predicted molar refractivity (Wildman–Crippen MR) is 162 cm³/mol. The van der Waals surface area contributed by atoms with Gasteiger partial charge in [0.2, 0.25) is 5.91 Å². The predicted octanol–water partition coefficient (Wildman–Crippen LogP) is 4.98. The van der Waals surface area contributed by atoms with E-state index in [4.69, 9.17) is 4.42 Å². The number of pyridine rings is 1. The highest BCUT2D eigenvalue weighted by atomic mass is 19.1. The molecule has 5 aromatic rings. The van der Waals surface area contributed by atoms with Gasteiger partial charge in [-0.05, 0) is 50.1 Å². The fourth-order valence-corrected chi connectivity index (χ4v) is 5.89. The van der Waals surface area contributed by atoms with Crippen molar-refractivity contribution in [2.75, 3.05) is 24.5 Å². The van der Waals surface area contributed by atoms with Crippen LogP contribution in [0.5, 0.6) is 0 Å². The molecule has 0 N–H and O–H groups in total. The van der Waals surface area contributed by atoms with Crippen LogP contribution in [0, 0.1) is 18.6 Å². The Kier molecular flexibility index (Phi) is 7.44. The molecule has 0 aliphatic carbocycles. The summed E-state index contributed by atoms with van der Waals surface area (Å²) in [7, 11) is 0. The molecule has 1 saturated heterocycles. The summed E-state index contributed by atoms with van der Waals surface area (Å²) in [5.74, 6) is -1.45. The number of furan rings is 1. The summed E-state index contributed by atoms with van der Waals surface area (Å²) >= 11 is 0. The average molecular weight is 600 g/mol. The van der Waals surface area contributed by atoms with Crippen molar-refractivity contribution in [2.24, 2.45) is 0 Å². The number of halogens is 2. The minimum absolute atomic E-state index is 0.0193. The third-order valence-corrected chi connectivity index (χ3v) is 8.14. The lowest BCUT2D eigenvalue weighted by Gasteiger charge is -2.40. The lowest BCUT2D eigenvalue weighted by atomic mass is 10.0. The normalized spacial score (nSPS) is 15.5. The Labute approximate surface area is 251 Å². The van der Waals surface area contributed by atoms with Gasteiger partial charge in [-0.2, -0.15) is 4.98 Å². The zero-order valence-electron chi connectivity index (χ0n) is 24.8. The molecule has 1 amide bonds. The second-order valence-corrected chi connectivity index (χ2v) is 11.3. The number of aryl methyl sites for hydroxylation is 1. The molecule has 0 unspecified atom stereocenters. The van der Waals surface area contributed by atoms with Crippen LogP contribution in [0.3, 0.4) is 0 Å². The monoisotopic (exact) mass is 599 g/mol. The van der Waals surface area contributed by atoms with E-state index in [1.54, 1.807) is 17.0 Å². The van der Waals surface area contributed by atoms with E-state index in [0.29, 0.717) is 30.7 Å². The van der Waals surface area contributed by atoms with Gasteiger partial charge in [0.15, 0.2) is 5.82 Å². The van der Waals surface area contributed by atoms with Crippen molar-refractivity contribution >= 4 is 33.7 Å². The molecule has 12 heteroatoms. The Balaban J connectivity index is 1.60. The first-order chi connectivity index (χ1) is 21.1. The summed E-state index contributed by atoms with van der Waals surface area (Å²) in [6.45, 7) is 12.4. The van der Waals surface area contributed by atoms with Crippen LogP contribution in [0.15, 0.2) is 58.7 Å². The molecule has 44 heavy (non-hydrogen) atoms. The van der Waals surface area contributed by atoms with Crippen molar-refractivity contribution in [3.05, 3.63) is 88.6 Å². The lowest BCUT2D eigenvalue weighted by Crippen LogP contribution is -2.54. The van der Waals surface area contributed by atoms with Crippen LogP contribution in [0.2, 0.25) is 0 Å². The zero-order valence-corrected chi connectivity index (χ0v) is 24.8. The van der Waals surface area contributed by atoms with Gasteiger partial charge in [0.25, 0.3) is 0 Å². The van der Waals surface area contributed by atoms with Crippen molar-refractivity contribution < 1.29 is 18.0 Å². The van der Waals surface area contributed by atoms with Crippen molar-refractivity contribution in [2.45, 2.75) is 46.2 Å². The molecule has 0 saturated carbocycles. The molecular formula is C32H31F2N7O3. The Morgan fingerprint density at radius 1 is 1.16 bits per heavy atom. The van der Waals surface area contributed by atoms with E-state index in [-0.39, 0.29) is 58.1 Å². The standard InChI is InChI=1S/C32H31F2N7O3/c1-6-25(42)39-10-11-40(18(4)14-39)31-21-13-24(34)28(26-23(33)8-7-20-9-12-44-29(20)26)37-30(21)41(32(43)38-31)15-22-19(5)35-16-36-27(22)17(2)3/h6-9,12-13,16-18H,1,10-11,14-15H2,2-5H3/t18-/m0/s1. The second kappa shape index (κ2) is 11.3. The highest BCUT2D eigenvalue weighted by molar-refractivity contribution is 5.95. The van der Waals surface area contributed by atoms with Crippen LogP contribution < -0.4 is 10.6 Å². The van der Waals surface area contributed by atoms with E-state index in [1.165, 1.54) is 35.4 Å². The topological polar surface area (TPSA) is 110 Å². The quantitative estimate of drug-likeness (QED) is 0.252. The lowest BCUT2D eigenvalue weighted by molar-refractivity contribution is -0.126. The first-order valence-corrected chi connectivity index (χ1v) is 14.3. The third-order valence-electron chi connectivity index (χ3n) is 8.14. The number of amides is 1. The molecule has 6 rings (SSSR count). The molecule has 1 atom stereocenters. The van der Waals surface area contributed by atoms with E-state index in [1.807, 2.05) is 32.6 Å². The van der Waals surface area contributed by atoms with Crippen LogP contribution in [-0.4, -0.2) is 61.0 Å². The number of rotatable bonds is 6. The summed E-state index contributed by atoms with van der Waals surface area (Å²) in [6, 6.07) is 5.41. The molecule has 10 nitrogen and oxygen atoms in total. The molecule has 1 fully saturated rings. The van der Waals surface area contributed by atoms with Gasteiger partial charge in [0, 0.05) is 42.3 Å². The third kappa shape index (κ3) is 4.89. The number of aromatic nitrogens is 5. The first kappa shape index (κ1) is 29.1. The Hall–Kier alpha value is -5.00. The first-order valence-electron chi connectivity index (χ1n) is 14.3. The summed E-state index contributed by atoms with van der Waals surface area (Å²) in [5, 5.41) is 0.851.